The fraction of sp³-hybridized carbons (Fsp3) is 0.0476. The van der Waals surface area contributed by atoms with Crippen LogP contribution < -0.4 is 9.80 Å². The highest BCUT2D eigenvalue weighted by Gasteiger charge is 2.52. The standard InChI is InChI=1S/C67H44N2.C59H46N2/c1-2-16-49(17-3-1)53-18-7-13-27-64(53)68(52-42-43-57-56-21-6-12-26-62(56)67(63(57)44-52)60-24-10-4-19-54(60)55-20-5-11-25-61(55)67)50-38-34-47(35-39-50)45-30-32-46(33-31-45)48-36-40-51(41-37-48)69-65-28-14-8-22-58(65)59-23-9-15-29-66(59)69;1-39-18-34-57-52(36-39)53-37-40(2)19-35-58(53)61(57)47-30-26-44(27-31-47)42-22-20-41(21-23-42)43-24-28-46(29-25-43)60(56-17-11-9-14-49(56)45-12-6-5-7-13-45)48-32-33-51-50-15-8-10-16-54(50)59(3,4)55(51)38-48/h1-44H;5-38H,1-4H3. The molecule has 0 radical (unpaired) electrons. The van der Waals surface area contributed by atoms with Gasteiger partial charge >= 0.3 is 0 Å². The number of hydrogen-bond donors (Lipinski definition) is 0. The van der Waals surface area contributed by atoms with Crippen LogP contribution in [0.2, 0.25) is 0 Å². The molecule has 0 unspecified atom stereocenters. The second-order valence-electron chi connectivity index (χ2n) is 35.5. The second kappa shape index (κ2) is 31.3. The molecule has 4 heteroatoms. The molecule has 0 atom stereocenters. The van der Waals surface area contributed by atoms with E-state index in [-0.39, 0.29) is 5.41 Å². The fourth-order valence-electron chi connectivity index (χ4n) is 21.6. The Morgan fingerprint density at radius 3 is 0.854 bits per heavy atom. The van der Waals surface area contributed by atoms with E-state index in [1.54, 1.807) is 0 Å². The summed E-state index contributed by atoms with van der Waals surface area (Å²) < 4.78 is 4.77. The first-order valence-electron chi connectivity index (χ1n) is 45.3. The van der Waals surface area contributed by atoms with Gasteiger partial charge in [0.1, 0.15) is 0 Å². The topological polar surface area (TPSA) is 16.3 Å². The maximum atomic E-state index is 2.48. The molecule has 0 saturated heterocycles. The van der Waals surface area contributed by atoms with E-state index in [2.05, 4.69) is 520 Å². The first-order valence-corrected chi connectivity index (χ1v) is 45.3. The van der Waals surface area contributed by atoms with E-state index in [4.69, 9.17) is 0 Å². The molecule has 25 rings (SSSR count). The van der Waals surface area contributed by atoms with E-state index in [1.165, 1.54) is 194 Å². The number of aromatic nitrogens is 2. The zero-order valence-corrected chi connectivity index (χ0v) is 72.8. The lowest BCUT2D eigenvalue weighted by molar-refractivity contribution is 0.660. The summed E-state index contributed by atoms with van der Waals surface area (Å²) in [5, 5.41) is 5.15. The van der Waals surface area contributed by atoms with Gasteiger partial charge in [-0.3, -0.25) is 0 Å². The molecule has 0 N–H and O–H groups in total. The fourth-order valence-corrected chi connectivity index (χ4v) is 21.6. The lowest BCUT2D eigenvalue weighted by Gasteiger charge is -2.32. The second-order valence-corrected chi connectivity index (χ2v) is 35.5. The summed E-state index contributed by atoms with van der Waals surface area (Å²) in [5.74, 6) is 0. The number of para-hydroxylation sites is 4. The van der Waals surface area contributed by atoms with Crippen LogP contribution in [0.25, 0.3) is 155 Å². The van der Waals surface area contributed by atoms with Crippen LogP contribution in [0.15, 0.2) is 473 Å². The predicted molar refractivity (Wildman–Crippen MR) is 547 cm³/mol. The first kappa shape index (κ1) is 77.2. The molecular weight excluding hydrogens is 1570 g/mol. The van der Waals surface area contributed by atoms with Crippen LogP contribution in [0.5, 0.6) is 0 Å². The molecule has 22 aromatic rings. The molecule has 0 fully saturated rings. The normalized spacial score (nSPS) is 12.7. The van der Waals surface area contributed by atoms with E-state index < -0.39 is 5.41 Å². The number of benzene rings is 20. The molecule has 0 bridgehead atoms. The summed E-state index contributed by atoms with van der Waals surface area (Å²) in [6.45, 7) is 9.05. The van der Waals surface area contributed by atoms with Gasteiger partial charge in [0, 0.05) is 72.2 Å². The molecule has 2 heterocycles. The average molecular weight is 1660 g/mol. The number of nitrogens with zero attached hydrogens (tertiary/aromatic N) is 4. The molecule has 0 amide bonds. The van der Waals surface area contributed by atoms with E-state index in [0.717, 1.165) is 39.8 Å². The minimum atomic E-state index is -0.440. The average Bonchev–Trinajstić information content (AvgIpc) is 1.50. The molecule has 1 spiro atoms. The van der Waals surface area contributed by atoms with E-state index in [9.17, 15) is 0 Å². The highest BCUT2D eigenvalue weighted by Crippen LogP contribution is 2.64. The smallest absolute Gasteiger partial charge is 0.0726 e. The Hall–Kier alpha value is -16.4. The molecule has 130 heavy (non-hydrogen) atoms. The summed E-state index contributed by atoms with van der Waals surface area (Å²) in [4.78, 5) is 4.89. The molecular formula is C126H90N4. The molecule has 0 saturated carbocycles. The quantitative estimate of drug-likeness (QED) is 0.108. The third-order valence-corrected chi connectivity index (χ3v) is 27.8. The maximum absolute atomic E-state index is 2.48. The van der Waals surface area contributed by atoms with Crippen LogP contribution in [-0.4, -0.2) is 9.13 Å². The Labute approximate surface area is 759 Å². The predicted octanol–water partition coefficient (Wildman–Crippen LogP) is 33.8. The Morgan fingerprint density at radius 2 is 0.462 bits per heavy atom. The van der Waals surface area contributed by atoms with Gasteiger partial charge in [0.2, 0.25) is 0 Å². The number of fused-ring (bicyclic) bond motifs is 19. The van der Waals surface area contributed by atoms with Crippen molar-refractivity contribution >= 4 is 77.7 Å². The van der Waals surface area contributed by atoms with Crippen LogP contribution >= 0.6 is 0 Å². The Morgan fingerprint density at radius 1 is 0.185 bits per heavy atom. The lowest BCUT2D eigenvalue weighted by Crippen LogP contribution is -2.26. The molecule has 20 aromatic carbocycles. The summed E-state index contributed by atoms with van der Waals surface area (Å²) in [6.07, 6.45) is 0. The van der Waals surface area contributed by atoms with Crippen molar-refractivity contribution in [2.75, 3.05) is 9.80 Å². The van der Waals surface area contributed by atoms with Crippen LogP contribution in [0.3, 0.4) is 0 Å². The lowest BCUT2D eigenvalue weighted by atomic mass is 9.70. The van der Waals surface area contributed by atoms with Crippen molar-refractivity contribution in [3.63, 3.8) is 0 Å². The minimum Gasteiger partial charge on any atom is -0.310 e. The van der Waals surface area contributed by atoms with Gasteiger partial charge in [0.15, 0.2) is 0 Å². The van der Waals surface area contributed by atoms with Crippen molar-refractivity contribution in [1.82, 2.24) is 9.13 Å². The van der Waals surface area contributed by atoms with E-state index in [0.29, 0.717) is 0 Å². The molecule has 0 aliphatic heterocycles. The largest absolute Gasteiger partial charge is 0.310 e. The third kappa shape index (κ3) is 12.7. The van der Waals surface area contributed by atoms with Gasteiger partial charge in [-0.15, -0.1) is 0 Å². The summed E-state index contributed by atoms with van der Waals surface area (Å²) in [6, 6.07) is 174. The maximum Gasteiger partial charge on any atom is 0.0726 e. The van der Waals surface area contributed by atoms with Gasteiger partial charge in [-0.05, 0) is 258 Å². The molecule has 3 aliphatic rings. The molecule has 614 valence electrons. The van der Waals surface area contributed by atoms with Crippen molar-refractivity contribution in [2.24, 2.45) is 0 Å². The zero-order chi connectivity index (χ0) is 86.7. The van der Waals surface area contributed by atoms with E-state index in [1.807, 2.05) is 0 Å². The van der Waals surface area contributed by atoms with Crippen molar-refractivity contribution in [2.45, 2.75) is 38.5 Å². The van der Waals surface area contributed by atoms with Crippen molar-refractivity contribution in [1.29, 1.82) is 0 Å². The molecule has 2 aromatic heterocycles. The minimum absolute atomic E-state index is 0.102. The highest BCUT2D eigenvalue weighted by atomic mass is 15.2. The van der Waals surface area contributed by atoms with Crippen LogP contribution in [0, 0.1) is 13.8 Å². The van der Waals surface area contributed by atoms with E-state index >= 15 is 0 Å². The van der Waals surface area contributed by atoms with Crippen LogP contribution in [0.1, 0.15) is 58.4 Å². The van der Waals surface area contributed by atoms with Crippen molar-refractivity contribution < 1.29 is 0 Å². The number of rotatable bonds is 14. The van der Waals surface area contributed by atoms with Crippen LogP contribution in [-0.2, 0) is 10.8 Å². The number of anilines is 6. The third-order valence-electron chi connectivity index (χ3n) is 27.8. The Balaban J connectivity index is 0.000000145. The highest BCUT2D eigenvalue weighted by molar-refractivity contribution is 6.11. The summed E-state index contributed by atoms with van der Waals surface area (Å²) in [7, 11) is 0. The first-order chi connectivity index (χ1) is 64.0. The Bertz CT molecular complexity index is 7980. The SMILES string of the molecule is Cc1ccc2c(c1)c1cc(C)ccc1n2-c1ccc(-c2ccc(-c3ccc(N(c4ccc5c(c4)C(C)(C)c4ccccc4-5)c4ccccc4-c4ccccc4)cc3)cc2)cc1.c1ccc(-c2ccccc2N(c2ccc(-c3ccc(-c4ccc(-n5c6ccccc6c6ccccc65)cc4)cc3)cc2)c2ccc3c(c2)C2(c4ccccc4-c4ccccc42)c2ccccc2-3)cc1. The summed E-state index contributed by atoms with van der Waals surface area (Å²) in [5.41, 5.74) is 46.2. The van der Waals surface area contributed by atoms with Gasteiger partial charge in [-0.25, -0.2) is 0 Å². The van der Waals surface area contributed by atoms with Crippen molar-refractivity contribution in [3.05, 3.63) is 518 Å². The number of hydrogen-bond acceptors (Lipinski definition) is 2. The van der Waals surface area contributed by atoms with Gasteiger partial charge < -0.3 is 18.9 Å². The van der Waals surface area contributed by atoms with Gasteiger partial charge in [-0.2, -0.15) is 0 Å². The van der Waals surface area contributed by atoms with Crippen molar-refractivity contribution in [3.8, 4) is 112 Å². The monoisotopic (exact) mass is 1660 g/mol. The molecule has 4 nitrogen and oxygen atoms in total. The molecule has 3 aliphatic carbocycles. The summed E-state index contributed by atoms with van der Waals surface area (Å²) >= 11 is 0. The Kier molecular flexibility index (Phi) is 18.6. The number of aryl methyl sites for hydroxylation is 2. The van der Waals surface area contributed by atoms with Gasteiger partial charge in [0.25, 0.3) is 0 Å². The van der Waals surface area contributed by atoms with Gasteiger partial charge in [0.05, 0.1) is 38.9 Å². The van der Waals surface area contributed by atoms with Gasteiger partial charge in [-0.1, -0.05) is 377 Å². The zero-order valence-electron chi connectivity index (χ0n) is 72.8. The van der Waals surface area contributed by atoms with Crippen LogP contribution in [0.4, 0.5) is 34.1 Å².